The molecule has 0 spiro atoms. The Balaban J connectivity index is 2.10. The third-order valence-corrected chi connectivity index (χ3v) is 5.26. The third-order valence-electron chi connectivity index (χ3n) is 3.77. The van der Waals surface area contributed by atoms with Gasteiger partial charge in [-0.2, -0.15) is 4.72 Å². The van der Waals surface area contributed by atoms with Gasteiger partial charge in [0.1, 0.15) is 6.04 Å². The Morgan fingerprint density at radius 1 is 1.16 bits per heavy atom. The molecule has 1 aromatic carbocycles. The summed E-state index contributed by atoms with van der Waals surface area (Å²) in [6.45, 7) is 6.11. The normalized spacial score (nSPS) is 13.0. The SMILES string of the molecule is Cc1ccc(S(=O)(=O)N[C@@H](CC(C)C)C(=O)NCc2ccc[nH]2)cc1. The van der Waals surface area contributed by atoms with Crippen molar-refractivity contribution in [3.63, 3.8) is 0 Å². The number of benzene rings is 1. The molecular formula is C18H25N3O3S. The highest BCUT2D eigenvalue weighted by atomic mass is 32.2. The molecular weight excluding hydrogens is 338 g/mol. The van der Waals surface area contributed by atoms with E-state index in [1.807, 2.05) is 32.9 Å². The monoisotopic (exact) mass is 363 g/mol. The van der Waals surface area contributed by atoms with Crippen LogP contribution in [0.5, 0.6) is 0 Å². The Labute approximate surface area is 149 Å². The first kappa shape index (κ1) is 19.2. The molecule has 0 aliphatic carbocycles. The highest BCUT2D eigenvalue weighted by Crippen LogP contribution is 2.13. The molecule has 1 amide bonds. The predicted octanol–water partition coefficient (Wildman–Crippen LogP) is 2.33. The Bertz CT molecular complexity index is 781. The van der Waals surface area contributed by atoms with E-state index >= 15 is 0 Å². The third kappa shape index (κ3) is 5.72. The van der Waals surface area contributed by atoms with Crippen LogP contribution in [0.4, 0.5) is 0 Å². The molecule has 136 valence electrons. The second-order valence-corrected chi connectivity index (χ2v) is 8.24. The Kier molecular flexibility index (Phi) is 6.39. The molecule has 0 saturated heterocycles. The molecule has 0 fully saturated rings. The maximum Gasteiger partial charge on any atom is 0.241 e. The van der Waals surface area contributed by atoms with E-state index in [9.17, 15) is 13.2 Å². The second kappa shape index (κ2) is 8.31. The van der Waals surface area contributed by atoms with Crippen molar-refractivity contribution < 1.29 is 13.2 Å². The maximum absolute atomic E-state index is 12.6. The van der Waals surface area contributed by atoms with E-state index < -0.39 is 16.1 Å². The summed E-state index contributed by atoms with van der Waals surface area (Å²) in [6.07, 6.45) is 2.19. The molecule has 0 unspecified atom stereocenters. The number of hydrogen-bond acceptors (Lipinski definition) is 3. The molecule has 7 heteroatoms. The van der Waals surface area contributed by atoms with Crippen LogP contribution in [-0.2, 0) is 21.4 Å². The fourth-order valence-electron chi connectivity index (χ4n) is 2.44. The summed E-state index contributed by atoms with van der Waals surface area (Å²) in [5, 5.41) is 2.78. The van der Waals surface area contributed by atoms with E-state index in [4.69, 9.17) is 0 Å². The molecule has 25 heavy (non-hydrogen) atoms. The summed E-state index contributed by atoms with van der Waals surface area (Å²) in [4.78, 5) is 15.6. The number of carbonyl (C=O) groups excluding carboxylic acids is 1. The Morgan fingerprint density at radius 2 is 1.84 bits per heavy atom. The number of amides is 1. The van der Waals surface area contributed by atoms with Gasteiger partial charge in [-0.05, 0) is 43.5 Å². The van der Waals surface area contributed by atoms with Crippen LogP contribution in [0, 0.1) is 12.8 Å². The van der Waals surface area contributed by atoms with E-state index in [2.05, 4.69) is 15.0 Å². The van der Waals surface area contributed by atoms with Gasteiger partial charge in [0.25, 0.3) is 0 Å². The van der Waals surface area contributed by atoms with Crippen molar-refractivity contribution in [2.45, 2.75) is 44.7 Å². The summed E-state index contributed by atoms with van der Waals surface area (Å²) in [5.41, 5.74) is 1.83. The molecule has 1 heterocycles. The minimum absolute atomic E-state index is 0.157. The van der Waals surface area contributed by atoms with Gasteiger partial charge < -0.3 is 10.3 Å². The summed E-state index contributed by atoms with van der Waals surface area (Å²) in [6, 6.07) is 9.43. The van der Waals surface area contributed by atoms with Crippen molar-refractivity contribution in [2.75, 3.05) is 0 Å². The van der Waals surface area contributed by atoms with Crippen LogP contribution in [0.25, 0.3) is 0 Å². The van der Waals surface area contributed by atoms with E-state index in [0.29, 0.717) is 13.0 Å². The number of rotatable bonds is 8. The van der Waals surface area contributed by atoms with Gasteiger partial charge in [0.2, 0.25) is 15.9 Å². The molecule has 2 rings (SSSR count). The predicted molar refractivity (Wildman–Crippen MR) is 97.4 cm³/mol. The van der Waals surface area contributed by atoms with Crippen molar-refractivity contribution in [1.29, 1.82) is 0 Å². The zero-order chi connectivity index (χ0) is 18.4. The average molecular weight is 363 g/mol. The highest BCUT2D eigenvalue weighted by Gasteiger charge is 2.26. The van der Waals surface area contributed by atoms with Crippen LogP contribution in [0.3, 0.4) is 0 Å². The zero-order valence-corrected chi connectivity index (χ0v) is 15.6. The Morgan fingerprint density at radius 3 is 2.40 bits per heavy atom. The van der Waals surface area contributed by atoms with Crippen LogP contribution < -0.4 is 10.0 Å². The first-order valence-corrected chi connectivity index (χ1v) is 9.75. The number of H-pyrrole nitrogens is 1. The number of hydrogen-bond donors (Lipinski definition) is 3. The molecule has 6 nitrogen and oxygen atoms in total. The topological polar surface area (TPSA) is 91.1 Å². The molecule has 0 aliphatic rings. The lowest BCUT2D eigenvalue weighted by Crippen LogP contribution is -2.47. The van der Waals surface area contributed by atoms with Gasteiger partial charge in [-0.25, -0.2) is 8.42 Å². The summed E-state index contributed by atoms with van der Waals surface area (Å²) < 4.78 is 27.7. The van der Waals surface area contributed by atoms with Gasteiger partial charge >= 0.3 is 0 Å². The smallest absolute Gasteiger partial charge is 0.241 e. The van der Waals surface area contributed by atoms with Gasteiger partial charge in [-0.15, -0.1) is 0 Å². The number of aromatic nitrogens is 1. The van der Waals surface area contributed by atoms with Crippen LogP contribution in [0.1, 0.15) is 31.5 Å². The first-order chi connectivity index (χ1) is 11.8. The number of carbonyl (C=O) groups is 1. The average Bonchev–Trinajstić information content (AvgIpc) is 3.05. The van der Waals surface area contributed by atoms with E-state index in [-0.39, 0.29) is 16.7 Å². The lowest BCUT2D eigenvalue weighted by molar-refractivity contribution is -0.123. The van der Waals surface area contributed by atoms with Gasteiger partial charge in [0.15, 0.2) is 0 Å². The lowest BCUT2D eigenvalue weighted by Gasteiger charge is -2.20. The van der Waals surface area contributed by atoms with Gasteiger partial charge in [0, 0.05) is 11.9 Å². The maximum atomic E-state index is 12.6. The molecule has 0 aliphatic heterocycles. The molecule has 1 aromatic heterocycles. The van der Waals surface area contributed by atoms with Gasteiger partial charge in [-0.1, -0.05) is 31.5 Å². The number of aryl methyl sites for hydroxylation is 1. The first-order valence-electron chi connectivity index (χ1n) is 8.27. The number of sulfonamides is 1. The molecule has 0 bridgehead atoms. The van der Waals surface area contributed by atoms with Crippen molar-refractivity contribution in [1.82, 2.24) is 15.0 Å². The van der Waals surface area contributed by atoms with Gasteiger partial charge in [-0.3, -0.25) is 4.79 Å². The summed E-state index contributed by atoms with van der Waals surface area (Å²) in [7, 11) is -3.76. The van der Waals surface area contributed by atoms with Crippen LogP contribution in [0.2, 0.25) is 0 Å². The number of nitrogens with one attached hydrogen (secondary N) is 3. The highest BCUT2D eigenvalue weighted by molar-refractivity contribution is 7.89. The fraction of sp³-hybridized carbons (Fsp3) is 0.389. The summed E-state index contributed by atoms with van der Waals surface area (Å²) >= 11 is 0. The van der Waals surface area contributed by atoms with E-state index in [1.165, 1.54) is 0 Å². The van der Waals surface area contributed by atoms with Crippen molar-refractivity contribution >= 4 is 15.9 Å². The quantitative estimate of drug-likeness (QED) is 0.672. The molecule has 1 atom stereocenters. The zero-order valence-electron chi connectivity index (χ0n) is 14.7. The second-order valence-electron chi connectivity index (χ2n) is 6.53. The van der Waals surface area contributed by atoms with Crippen molar-refractivity contribution in [3.05, 3.63) is 53.9 Å². The van der Waals surface area contributed by atoms with Crippen molar-refractivity contribution in [2.24, 2.45) is 5.92 Å². The minimum Gasteiger partial charge on any atom is -0.364 e. The van der Waals surface area contributed by atoms with Crippen LogP contribution >= 0.6 is 0 Å². The van der Waals surface area contributed by atoms with Crippen molar-refractivity contribution in [3.8, 4) is 0 Å². The molecule has 3 N–H and O–H groups in total. The Hall–Kier alpha value is -2.12. The van der Waals surface area contributed by atoms with E-state index in [0.717, 1.165) is 11.3 Å². The standard InChI is InChI=1S/C18H25N3O3S/c1-13(2)11-17(18(22)20-12-15-5-4-10-19-15)21-25(23,24)16-8-6-14(3)7-9-16/h4-10,13,17,19,21H,11-12H2,1-3H3,(H,20,22)/t17-/m0/s1. The lowest BCUT2D eigenvalue weighted by atomic mass is 10.0. The molecule has 2 aromatic rings. The van der Waals surface area contributed by atoms with E-state index in [1.54, 1.807) is 30.5 Å². The van der Waals surface area contributed by atoms with Crippen LogP contribution in [-0.4, -0.2) is 25.4 Å². The molecule has 0 radical (unpaired) electrons. The minimum atomic E-state index is -3.76. The fourth-order valence-corrected chi connectivity index (χ4v) is 3.64. The number of aromatic amines is 1. The van der Waals surface area contributed by atoms with Crippen LogP contribution in [0.15, 0.2) is 47.5 Å². The van der Waals surface area contributed by atoms with Gasteiger partial charge in [0.05, 0.1) is 11.4 Å². The largest absolute Gasteiger partial charge is 0.364 e. The summed E-state index contributed by atoms with van der Waals surface area (Å²) in [5.74, 6) is -0.166. The molecule has 0 saturated carbocycles.